The molecule has 0 saturated carbocycles. The Morgan fingerprint density at radius 2 is 2.04 bits per heavy atom. The number of carbonyl (C=O) groups excluding carboxylic acids is 1. The Bertz CT molecular complexity index is 853. The molecule has 3 aromatic rings. The third-order valence-electron chi connectivity index (χ3n) is 4.42. The lowest BCUT2D eigenvalue weighted by molar-refractivity contribution is 0.103. The number of benzene rings is 1. The van der Waals surface area contributed by atoms with Gasteiger partial charge < -0.3 is 5.73 Å². The fourth-order valence-corrected chi connectivity index (χ4v) is 5.04. The first-order chi connectivity index (χ1) is 11.7. The van der Waals surface area contributed by atoms with E-state index in [9.17, 15) is 4.79 Å². The van der Waals surface area contributed by atoms with Crippen LogP contribution in [0, 0.1) is 0 Å². The van der Waals surface area contributed by atoms with Gasteiger partial charge in [0, 0.05) is 35.5 Å². The number of hydrogen-bond donors (Lipinski definition) is 1. The molecule has 5 heteroatoms. The number of thiophene rings is 2. The van der Waals surface area contributed by atoms with E-state index in [2.05, 4.69) is 29.2 Å². The lowest BCUT2D eigenvalue weighted by Gasteiger charge is -2.27. The van der Waals surface area contributed by atoms with Gasteiger partial charge in [0.05, 0.1) is 10.6 Å². The Labute approximate surface area is 149 Å². The molecule has 1 aliphatic heterocycles. The summed E-state index contributed by atoms with van der Waals surface area (Å²) in [5, 5.41) is 4.50. The van der Waals surface area contributed by atoms with Crippen molar-refractivity contribution in [3.05, 3.63) is 74.3 Å². The fraction of sp³-hybridized carbons (Fsp3) is 0.211. The normalized spacial score (nSPS) is 14.5. The number of anilines is 1. The maximum atomic E-state index is 12.8. The average molecular weight is 355 g/mol. The summed E-state index contributed by atoms with van der Waals surface area (Å²) in [5.74, 6) is 0.0720. The van der Waals surface area contributed by atoms with E-state index in [1.54, 1.807) is 22.7 Å². The molecule has 0 fully saturated rings. The van der Waals surface area contributed by atoms with Gasteiger partial charge in [-0.2, -0.15) is 11.3 Å². The molecule has 0 saturated heterocycles. The molecule has 3 nitrogen and oxygen atoms in total. The van der Waals surface area contributed by atoms with Crippen molar-refractivity contribution in [2.75, 3.05) is 12.3 Å². The van der Waals surface area contributed by atoms with Gasteiger partial charge in [-0.25, -0.2) is 0 Å². The quantitative estimate of drug-likeness (QED) is 0.715. The molecule has 0 radical (unpaired) electrons. The number of nitrogens with zero attached hydrogens (tertiary/aromatic N) is 1. The second-order valence-electron chi connectivity index (χ2n) is 6.03. The molecule has 0 aliphatic carbocycles. The number of ketones is 1. The van der Waals surface area contributed by atoms with E-state index in [0.717, 1.165) is 42.7 Å². The summed E-state index contributed by atoms with van der Waals surface area (Å²) in [5.41, 5.74) is 10.2. The monoisotopic (exact) mass is 354 g/mol. The zero-order valence-corrected chi connectivity index (χ0v) is 14.8. The van der Waals surface area contributed by atoms with Crippen molar-refractivity contribution >= 4 is 33.5 Å². The summed E-state index contributed by atoms with van der Waals surface area (Å²) in [6, 6.07) is 12.4. The third kappa shape index (κ3) is 2.90. The topological polar surface area (TPSA) is 46.3 Å². The van der Waals surface area contributed by atoms with Gasteiger partial charge in [-0.05, 0) is 29.0 Å². The van der Waals surface area contributed by atoms with Crippen LogP contribution in [-0.2, 0) is 19.5 Å². The van der Waals surface area contributed by atoms with Crippen molar-refractivity contribution in [2.24, 2.45) is 0 Å². The smallest absolute Gasteiger partial charge is 0.197 e. The lowest BCUT2D eigenvalue weighted by Crippen LogP contribution is -2.29. The number of nitrogens with two attached hydrogens (primary N) is 1. The molecular formula is C19H18N2OS2. The first-order valence-electron chi connectivity index (χ1n) is 7.95. The van der Waals surface area contributed by atoms with E-state index >= 15 is 0 Å². The Morgan fingerprint density at radius 3 is 2.79 bits per heavy atom. The highest BCUT2D eigenvalue weighted by molar-refractivity contribution is 7.16. The highest BCUT2D eigenvalue weighted by atomic mass is 32.1. The summed E-state index contributed by atoms with van der Waals surface area (Å²) in [6.45, 7) is 2.77. The summed E-state index contributed by atoms with van der Waals surface area (Å²) in [4.78, 5) is 16.4. The molecule has 2 N–H and O–H groups in total. The molecule has 122 valence electrons. The zero-order chi connectivity index (χ0) is 16.5. The first-order valence-corrected chi connectivity index (χ1v) is 9.71. The Hall–Kier alpha value is -1.95. The van der Waals surface area contributed by atoms with E-state index in [1.807, 2.05) is 22.9 Å². The predicted molar refractivity (Wildman–Crippen MR) is 101 cm³/mol. The van der Waals surface area contributed by atoms with Crippen LogP contribution in [0.15, 0.2) is 47.2 Å². The minimum atomic E-state index is 0.0720. The van der Waals surface area contributed by atoms with Crippen LogP contribution in [0.25, 0.3) is 0 Å². The number of hydrogen-bond acceptors (Lipinski definition) is 5. The minimum Gasteiger partial charge on any atom is -0.390 e. The number of nitrogen functional groups attached to an aromatic ring is 1. The van der Waals surface area contributed by atoms with Gasteiger partial charge >= 0.3 is 0 Å². The van der Waals surface area contributed by atoms with Crippen LogP contribution in [0.4, 0.5) is 5.00 Å². The molecule has 1 aromatic carbocycles. The van der Waals surface area contributed by atoms with Gasteiger partial charge in [0.2, 0.25) is 0 Å². The summed E-state index contributed by atoms with van der Waals surface area (Å²) >= 11 is 3.12. The van der Waals surface area contributed by atoms with Crippen molar-refractivity contribution in [3.63, 3.8) is 0 Å². The zero-order valence-electron chi connectivity index (χ0n) is 13.2. The molecule has 0 spiro atoms. The lowest BCUT2D eigenvalue weighted by atomic mass is 9.97. The largest absolute Gasteiger partial charge is 0.390 e. The maximum absolute atomic E-state index is 12.8. The first kappa shape index (κ1) is 15.6. The molecule has 0 amide bonds. The van der Waals surface area contributed by atoms with Crippen molar-refractivity contribution in [3.8, 4) is 0 Å². The summed E-state index contributed by atoms with van der Waals surface area (Å²) in [6.07, 6.45) is 0.890. The summed E-state index contributed by atoms with van der Waals surface area (Å²) in [7, 11) is 0. The van der Waals surface area contributed by atoms with Gasteiger partial charge in [0.25, 0.3) is 0 Å². The fourth-order valence-electron chi connectivity index (χ4n) is 3.24. The minimum absolute atomic E-state index is 0.0720. The van der Waals surface area contributed by atoms with Crippen LogP contribution in [0.5, 0.6) is 0 Å². The van der Waals surface area contributed by atoms with Crippen LogP contribution in [0.1, 0.15) is 31.9 Å². The van der Waals surface area contributed by atoms with Gasteiger partial charge in [-0.1, -0.05) is 30.3 Å². The Morgan fingerprint density at radius 1 is 1.21 bits per heavy atom. The van der Waals surface area contributed by atoms with Gasteiger partial charge in [-0.3, -0.25) is 9.69 Å². The Kier molecular flexibility index (Phi) is 4.22. The average Bonchev–Trinajstić information content (AvgIpc) is 3.22. The van der Waals surface area contributed by atoms with Crippen LogP contribution >= 0.6 is 22.7 Å². The number of fused-ring (bicyclic) bond motifs is 1. The molecule has 4 rings (SSSR count). The molecule has 3 heterocycles. The number of carbonyl (C=O) groups is 1. The van der Waals surface area contributed by atoms with Gasteiger partial charge in [0.1, 0.15) is 0 Å². The van der Waals surface area contributed by atoms with Gasteiger partial charge in [0.15, 0.2) is 5.78 Å². The second-order valence-corrected chi connectivity index (χ2v) is 7.95. The van der Waals surface area contributed by atoms with Crippen LogP contribution in [0.2, 0.25) is 0 Å². The SMILES string of the molecule is Nc1sc2c(c1C(=O)c1ccsc1)CCN(Cc1ccccc1)C2. The van der Waals surface area contributed by atoms with E-state index < -0.39 is 0 Å². The van der Waals surface area contributed by atoms with Crippen molar-refractivity contribution in [1.82, 2.24) is 4.90 Å². The van der Waals surface area contributed by atoms with Gasteiger partial charge in [-0.15, -0.1) is 11.3 Å². The molecular weight excluding hydrogens is 336 g/mol. The standard InChI is InChI=1S/C19H18N2OS2/c20-19-17(18(22)14-7-9-23-12-14)15-6-8-21(11-16(15)24-19)10-13-4-2-1-3-5-13/h1-5,7,9,12H,6,8,10-11,20H2. The van der Waals surface area contributed by atoms with Crippen LogP contribution in [0.3, 0.4) is 0 Å². The van der Waals surface area contributed by atoms with E-state index in [1.165, 1.54) is 10.4 Å². The van der Waals surface area contributed by atoms with E-state index in [0.29, 0.717) is 5.00 Å². The number of rotatable bonds is 4. The third-order valence-corrected chi connectivity index (χ3v) is 6.15. The highest BCUT2D eigenvalue weighted by Crippen LogP contribution is 2.37. The second kappa shape index (κ2) is 6.51. The predicted octanol–water partition coefficient (Wildman–Crippen LogP) is 4.18. The molecule has 1 aliphatic rings. The van der Waals surface area contributed by atoms with Crippen molar-refractivity contribution < 1.29 is 4.79 Å². The van der Waals surface area contributed by atoms with Crippen molar-refractivity contribution in [1.29, 1.82) is 0 Å². The van der Waals surface area contributed by atoms with Crippen LogP contribution in [-0.4, -0.2) is 17.2 Å². The van der Waals surface area contributed by atoms with Crippen molar-refractivity contribution in [2.45, 2.75) is 19.5 Å². The maximum Gasteiger partial charge on any atom is 0.197 e. The summed E-state index contributed by atoms with van der Waals surface area (Å²) < 4.78 is 0. The molecule has 0 unspecified atom stereocenters. The molecule has 2 aromatic heterocycles. The molecule has 0 atom stereocenters. The van der Waals surface area contributed by atoms with E-state index in [4.69, 9.17) is 5.73 Å². The Balaban J connectivity index is 1.58. The highest BCUT2D eigenvalue weighted by Gasteiger charge is 2.27. The van der Waals surface area contributed by atoms with Crippen LogP contribution < -0.4 is 5.73 Å². The molecule has 0 bridgehead atoms. The van der Waals surface area contributed by atoms with E-state index in [-0.39, 0.29) is 5.78 Å². The molecule has 24 heavy (non-hydrogen) atoms.